The van der Waals surface area contributed by atoms with E-state index in [9.17, 15) is 8.42 Å². The summed E-state index contributed by atoms with van der Waals surface area (Å²) >= 11 is 17.5. The Bertz CT molecular complexity index is 1140. The molecule has 25 heavy (non-hydrogen) atoms. The summed E-state index contributed by atoms with van der Waals surface area (Å²) in [6, 6.07) is 9.53. The van der Waals surface area contributed by atoms with Gasteiger partial charge in [0.25, 0.3) is 0 Å². The summed E-state index contributed by atoms with van der Waals surface area (Å²) in [5.74, 6) is 0.275. The summed E-state index contributed by atoms with van der Waals surface area (Å²) < 4.78 is 25.3. The predicted molar refractivity (Wildman–Crippen MR) is 100.0 cm³/mol. The number of aromatic amines is 1. The van der Waals surface area contributed by atoms with Crippen LogP contribution in [-0.2, 0) is 10.0 Å². The normalized spacial score (nSPS) is 11.6. The van der Waals surface area contributed by atoms with Gasteiger partial charge in [-0.05, 0) is 36.5 Å². The monoisotopic (exact) mass is 415 g/mol. The van der Waals surface area contributed by atoms with Gasteiger partial charge in [-0.2, -0.15) is 5.10 Å². The Morgan fingerprint density at radius 1 is 1.16 bits per heavy atom. The lowest BCUT2D eigenvalue weighted by atomic mass is 10.1. The number of hydrogen-bond donors (Lipinski definition) is 3. The average molecular weight is 416 g/mol. The van der Waals surface area contributed by atoms with Crippen LogP contribution in [0.15, 0.2) is 41.3 Å². The number of aromatic nitrogens is 3. The van der Waals surface area contributed by atoms with E-state index < -0.39 is 10.0 Å². The first kappa shape index (κ1) is 17.9. The molecule has 0 radical (unpaired) electrons. The highest BCUT2D eigenvalue weighted by Gasteiger charge is 2.21. The molecule has 1 aromatic heterocycles. The molecular weight excluding hydrogens is 405 g/mol. The van der Waals surface area contributed by atoms with E-state index in [2.05, 4.69) is 10.2 Å². The Kier molecular flexibility index (Phi) is 4.60. The molecule has 5 N–H and O–H groups in total. The van der Waals surface area contributed by atoms with E-state index >= 15 is 0 Å². The molecule has 0 fully saturated rings. The third-order valence-electron chi connectivity index (χ3n) is 3.42. The number of nitrogens with two attached hydrogens (primary N) is 2. The Morgan fingerprint density at radius 2 is 1.84 bits per heavy atom. The number of hydrogen-bond acceptors (Lipinski definition) is 5. The van der Waals surface area contributed by atoms with Crippen LogP contribution in [0.25, 0.3) is 17.1 Å². The molecule has 3 aromatic rings. The molecule has 3 rings (SSSR count). The average Bonchev–Trinajstić information content (AvgIpc) is 2.88. The van der Waals surface area contributed by atoms with Gasteiger partial charge >= 0.3 is 0 Å². The molecule has 7 nitrogen and oxygen atoms in total. The van der Waals surface area contributed by atoms with Crippen molar-refractivity contribution in [3.63, 3.8) is 0 Å². The molecule has 0 unspecified atom stereocenters. The quantitative estimate of drug-likeness (QED) is 0.448. The number of primary sulfonamides is 1. The van der Waals surface area contributed by atoms with Crippen molar-refractivity contribution in [2.24, 2.45) is 5.14 Å². The molecule has 0 aliphatic carbocycles. The number of rotatable bonds is 3. The van der Waals surface area contributed by atoms with Gasteiger partial charge < -0.3 is 5.73 Å². The number of nitrogens with zero attached hydrogens (tertiary/aromatic N) is 2. The summed E-state index contributed by atoms with van der Waals surface area (Å²) in [4.78, 5) is -0.266. The zero-order valence-corrected chi connectivity index (χ0v) is 15.5. The van der Waals surface area contributed by atoms with Crippen LogP contribution in [0.2, 0.25) is 10.0 Å². The number of sulfonamides is 1. The highest BCUT2D eigenvalue weighted by Crippen LogP contribution is 2.34. The standard InChI is InChI=1S/C14H11Cl2N5O2S2/c15-8-3-1-2-4-11(8)21-13(19-20-14(21)24)7-5-12(25(18,22)23)9(16)6-10(7)17/h1-6H,17H2,(H,20,24)(H2,18,22,23). The van der Waals surface area contributed by atoms with Crippen LogP contribution < -0.4 is 10.9 Å². The first-order valence-electron chi connectivity index (χ1n) is 6.74. The summed E-state index contributed by atoms with van der Waals surface area (Å²) in [6.45, 7) is 0. The zero-order chi connectivity index (χ0) is 18.4. The summed E-state index contributed by atoms with van der Waals surface area (Å²) in [7, 11) is -4.05. The fourth-order valence-corrected chi connectivity index (χ4v) is 3.87. The number of anilines is 1. The summed E-state index contributed by atoms with van der Waals surface area (Å²) in [5, 5.41) is 12.3. The third kappa shape index (κ3) is 3.29. The van der Waals surface area contributed by atoms with E-state index in [0.717, 1.165) is 0 Å². The van der Waals surface area contributed by atoms with Crippen molar-refractivity contribution >= 4 is 51.1 Å². The minimum absolute atomic E-state index is 0.0813. The molecule has 0 amide bonds. The third-order valence-corrected chi connectivity index (χ3v) is 5.39. The first-order valence-corrected chi connectivity index (χ1v) is 9.45. The second-order valence-corrected chi connectivity index (χ2v) is 7.79. The molecule has 0 spiro atoms. The van der Waals surface area contributed by atoms with Gasteiger partial charge in [0.05, 0.1) is 15.7 Å². The van der Waals surface area contributed by atoms with Crippen molar-refractivity contribution in [3.05, 3.63) is 51.2 Å². The Morgan fingerprint density at radius 3 is 2.48 bits per heavy atom. The number of nitrogens with one attached hydrogen (secondary N) is 1. The fourth-order valence-electron chi connectivity index (χ4n) is 2.31. The first-order chi connectivity index (χ1) is 11.7. The van der Waals surface area contributed by atoms with Crippen molar-refractivity contribution in [2.75, 3.05) is 5.73 Å². The highest BCUT2D eigenvalue weighted by atomic mass is 35.5. The van der Waals surface area contributed by atoms with Gasteiger partial charge in [0.1, 0.15) is 4.90 Å². The molecule has 11 heteroatoms. The molecule has 0 aliphatic heterocycles. The van der Waals surface area contributed by atoms with Gasteiger partial charge in [0, 0.05) is 11.3 Å². The van der Waals surface area contributed by atoms with Crippen LogP contribution in [-0.4, -0.2) is 23.2 Å². The maximum absolute atomic E-state index is 11.7. The van der Waals surface area contributed by atoms with Gasteiger partial charge in [0.15, 0.2) is 10.6 Å². The lowest BCUT2D eigenvalue weighted by Gasteiger charge is -2.12. The molecule has 1 heterocycles. The lowest BCUT2D eigenvalue weighted by Crippen LogP contribution is -2.13. The predicted octanol–water partition coefficient (Wildman–Crippen LogP) is 3.13. The van der Waals surface area contributed by atoms with Crippen LogP contribution in [0, 0.1) is 4.77 Å². The lowest BCUT2D eigenvalue weighted by molar-refractivity contribution is 0.598. The zero-order valence-electron chi connectivity index (χ0n) is 12.4. The molecule has 0 atom stereocenters. The van der Waals surface area contributed by atoms with Crippen LogP contribution >= 0.6 is 35.4 Å². The second kappa shape index (κ2) is 6.43. The van der Waals surface area contributed by atoms with Gasteiger partial charge in [-0.15, -0.1) is 0 Å². The minimum Gasteiger partial charge on any atom is -0.398 e. The van der Waals surface area contributed by atoms with Gasteiger partial charge in [0.2, 0.25) is 10.0 Å². The van der Waals surface area contributed by atoms with E-state index in [1.807, 2.05) is 0 Å². The molecular formula is C14H11Cl2N5O2S2. The molecule has 2 aromatic carbocycles. The highest BCUT2D eigenvalue weighted by molar-refractivity contribution is 7.89. The largest absolute Gasteiger partial charge is 0.398 e. The number of para-hydroxylation sites is 1. The summed E-state index contributed by atoms with van der Waals surface area (Å²) in [5.41, 5.74) is 7.07. The van der Waals surface area contributed by atoms with Crippen molar-refractivity contribution in [1.82, 2.24) is 14.8 Å². The second-order valence-electron chi connectivity index (χ2n) is 5.05. The van der Waals surface area contributed by atoms with E-state index in [4.69, 9.17) is 46.3 Å². The number of halogens is 2. The molecule has 0 saturated carbocycles. The van der Waals surface area contributed by atoms with Gasteiger partial charge in [-0.25, -0.2) is 13.6 Å². The molecule has 0 bridgehead atoms. The Hall–Kier alpha value is -1.91. The van der Waals surface area contributed by atoms with Crippen molar-refractivity contribution in [1.29, 1.82) is 0 Å². The maximum atomic E-state index is 11.7. The number of H-pyrrole nitrogens is 1. The van der Waals surface area contributed by atoms with Gasteiger partial charge in [-0.1, -0.05) is 35.3 Å². The minimum atomic E-state index is -4.05. The van der Waals surface area contributed by atoms with E-state index in [0.29, 0.717) is 16.3 Å². The van der Waals surface area contributed by atoms with Crippen LogP contribution in [0.1, 0.15) is 0 Å². The Balaban J connectivity index is 2.34. The van der Waals surface area contributed by atoms with Crippen molar-refractivity contribution in [2.45, 2.75) is 4.90 Å². The summed E-state index contributed by atoms with van der Waals surface area (Å²) in [6.07, 6.45) is 0. The SMILES string of the molecule is Nc1cc(Cl)c(S(N)(=O)=O)cc1-c1n[nH]c(=S)n1-c1ccccc1Cl. The van der Waals surface area contributed by atoms with Crippen molar-refractivity contribution in [3.8, 4) is 17.1 Å². The van der Waals surface area contributed by atoms with E-state index in [-0.39, 0.29) is 26.2 Å². The van der Waals surface area contributed by atoms with Crippen LogP contribution in [0.3, 0.4) is 0 Å². The van der Waals surface area contributed by atoms with Crippen molar-refractivity contribution < 1.29 is 8.42 Å². The fraction of sp³-hybridized carbons (Fsp3) is 0. The molecule has 130 valence electrons. The number of benzene rings is 2. The van der Waals surface area contributed by atoms with Gasteiger partial charge in [-0.3, -0.25) is 9.67 Å². The molecule has 0 aliphatic rings. The van der Waals surface area contributed by atoms with E-state index in [1.165, 1.54) is 12.1 Å². The van der Waals surface area contributed by atoms with Crippen LogP contribution in [0.5, 0.6) is 0 Å². The number of nitrogen functional groups attached to an aromatic ring is 1. The Labute approximate surface area is 158 Å². The topological polar surface area (TPSA) is 120 Å². The molecule has 0 saturated heterocycles. The van der Waals surface area contributed by atoms with Crippen LogP contribution in [0.4, 0.5) is 5.69 Å². The smallest absolute Gasteiger partial charge is 0.239 e. The van der Waals surface area contributed by atoms with E-state index in [1.54, 1.807) is 28.8 Å². The maximum Gasteiger partial charge on any atom is 0.239 e.